The number of halogens is 2. The van der Waals surface area contributed by atoms with Gasteiger partial charge in [-0.2, -0.15) is 18.9 Å². The molecule has 0 aliphatic rings. The molecule has 6 heteroatoms. The molecule has 0 aliphatic carbocycles. The number of aryl methyl sites for hydroxylation is 1. The van der Waals surface area contributed by atoms with Crippen molar-refractivity contribution in [1.82, 2.24) is 19.7 Å². The Bertz CT molecular complexity index is 767. The van der Waals surface area contributed by atoms with E-state index in [4.69, 9.17) is 0 Å². The van der Waals surface area contributed by atoms with Gasteiger partial charge in [-0.15, -0.1) is 0 Å². The summed E-state index contributed by atoms with van der Waals surface area (Å²) in [5.41, 5.74) is 2.05. The van der Waals surface area contributed by atoms with E-state index in [0.29, 0.717) is 11.4 Å². The Kier molecular flexibility index (Phi) is 2.98. The van der Waals surface area contributed by atoms with E-state index in [9.17, 15) is 8.78 Å². The SMILES string of the molecule is Cn1cc(-c2cccc(-c3ccc(F)nc3F)n2)cn1. The minimum absolute atomic E-state index is 0.164. The molecule has 3 aromatic rings. The lowest BCUT2D eigenvalue weighted by Gasteiger charge is -2.04. The molecule has 4 nitrogen and oxygen atoms in total. The van der Waals surface area contributed by atoms with Gasteiger partial charge >= 0.3 is 0 Å². The number of nitrogens with zero attached hydrogens (tertiary/aromatic N) is 4. The van der Waals surface area contributed by atoms with Gasteiger partial charge in [-0.1, -0.05) is 6.07 Å². The van der Waals surface area contributed by atoms with Crippen molar-refractivity contribution in [3.05, 3.63) is 54.6 Å². The van der Waals surface area contributed by atoms with Gasteiger partial charge in [0.25, 0.3) is 0 Å². The molecular formula is C14H10F2N4. The Balaban J connectivity index is 2.07. The summed E-state index contributed by atoms with van der Waals surface area (Å²) < 4.78 is 28.2. The maximum absolute atomic E-state index is 13.7. The molecule has 0 N–H and O–H groups in total. The molecule has 0 atom stereocenters. The van der Waals surface area contributed by atoms with Gasteiger partial charge in [-0.3, -0.25) is 4.68 Å². The zero-order valence-corrected chi connectivity index (χ0v) is 10.6. The van der Waals surface area contributed by atoms with Crippen molar-refractivity contribution in [2.45, 2.75) is 0 Å². The largest absolute Gasteiger partial charge is 0.275 e. The van der Waals surface area contributed by atoms with Crippen LogP contribution in [0.3, 0.4) is 0 Å². The van der Waals surface area contributed by atoms with Crippen LogP contribution < -0.4 is 0 Å². The van der Waals surface area contributed by atoms with E-state index < -0.39 is 11.9 Å². The first kappa shape index (κ1) is 12.4. The van der Waals surface area contributed by atoms with E-state index in [2.05, 4.69) is 15.1 Å². The van der Waals surface area contributed by atoms with Gasteiger partial charge in [0.15, 0.2) is 0 Å². The van der Waals surface area contributed by atoms with E-state index in [-0.39, 0.29) is 5.56 Å². The van der Waals surface area contributed by atoms with E-state index in [0.717, 1.165) is 11.6 Å². The zero-order valence-electron chi connectivity index (χ0n) is 10.6. The molecule has 0 bridgehead atoms. The number of aromatic nitrogens is 4. The Morgan fingerprint density at radius 3 is 2.50 bits per heavy atom. The maximum Gasteiger partial charge on any atom is 0.224 e. The molecule has 3 aromatic heterocycles. The third kappa shape index (κ3) is 2.27. The van der Waals surface area contributed by atoms with Crippen LogP contribution in [0, 0.1) is 11.9 Å². The second-order valence-corrected chi connectivity index (χ2v) is 4.28. The number of hydrogen-bond acceptors (Lipinski definition) is 3. The molecule has 0 radical (unpaired) electrons. The van der Waals surface area contributed by atoms with Crippen molar-refractivity contribution in [1.29, 1.82) is 0 Å². The van der Waals surface area contributed by atoms with Crippen LogP contribution in [0.5, 0.6) is 0 Å². The standard InChI is InChI=1S/C14H10F2N4/c1-20-8-9(7-17-20)11-3-2-4-12(18-11)10-5-6-13(15)19-14(10)16/h2-8H,1H3. The minimum atomic E-state index is -0.874. The van der Waals surface area contributed by atoms with Gasteiger partial charge in [0.05, 0.1) is 23.1 Å². The maximum atomic E-state index is 13.7. The summed E-state index contributed by atoms with van der Waals surface area (Å²) in [6.07, 6.45) is 3.48. The van der Waals surface area contributed by atoms with E-state index in [1.807, 2.05) is 6.20 Å². The summed E-state index contributed by atoms with van der Waals surface area (Å²) in [6.45, 7) is 0. The second kappa shape index (κ2) is 4.80. The van der Waals surface area contributed by atoms with Gasteiger partial charge in [0.2, 0.25) is 11.9 Å². The summed E-state index contributed by atoms with van der Waals surface area (Å²) in [5.74, 6) is -1.73. The van der Waals surface area contributed by atoms with Crippen molar-refractivity contribution in [2.75, 3.05) is 0 Å². The molecule has 0 unspecified atom stereocenters. The topological polar surface area (TPSA) is 43.6 Å². The highest BCUT2D eigenvalue weighted by atomic mass is 19.1. The van der Waals surface area contributed by atoms with Gasteiger partial charge in [0, 0.05) is 18.8 Å². The van der Waals surface area contributed by atoms with Crippen molar-refractivity contribution in [3.8, 4) is 22.5 Å². The minimum Gasteiger partial charge on any atom is -0.275 e. The van der Waals surface area contributed by atoms with Crippen LogP contribution >= 0.6 is 0 Å². The summed E-state index contributed by atoms with van der Waals surface area (Å²) in [4.78, 5) is 7.53. The van der Waals surface area contributed by atoms with E-state index >= 15 is 0 Å². The molecule has 0 aliphatic heterocycles. The first-order chi connectivity index (χ1) is 9.63. The molecule has 3 heterocycles. The molecule has 0 amide bonds. The zero-order chi connectivity index (χ0) is 14.1. The third-order valence-corrected chi connectivity index (χ3v) is 2.84. The third-order valence-electron chi connectivity index (χ3n) is 2.84. The van der Waals surface area contributed by atoms with Gasteiger partial charge < -0.3 is 0 Å². The van der Waals surface area contributed by atoms with Crippen LogP contribution in [0.4, 0.5) is 8.78 Å². The molecule has 0 aromatic carbocycles. The van der Waals surface area contributed by atoms with Crippen molar-refractivity contribution in [3.63, 3.8) is 0 Å². The fourth-order valence-electron chi connectivity index (χ4n) is 1.90. The Hall–Kier alpha value is -2.63. The Labute approximate surface area is 113 Å². The summed E-state index contributed by atoms with van der Waals surface area (Å²) >= 11 is 0. The average Bonchev–Trinajstić information content (AvgIpc) is 2.86. The van der Waals surface area contributed by atoms with Crippen LogP contribution in [0.2, 0.25) is 0 Å². The Morgan fingerprint density at radius 1 is 1.00 bits per heavy atom. The first-order valence-electron chi connectivity index (χ1n) is 5.92. The fraction of sp³-hybridized carbons (Fsp3) is 0.0714. The predicted octanol–water partition coefficient (Wildman–Crippen LogP) is 2.82. The number of rotatable bonds is 2. The van der Waals surface area contributed by atoms with Crippen LogP contribution in [0.25, 0.3) is 22.5 Å². The summed E-state index contributed by atoms with van der Waals surface area (Å²) in [5, 5.41) is 4.07. The molecule has 0 saturated carbocycles. The molecular weight excluding hydrogens is 262 g/mol. The molecule has 0 fully saturated rings. The van der Waals surface area contributed by atoms with Crippen LogP contribution in [0.15, 0.2) is 42.7 Å². The van der Waals surface area contributed by atoms with E-state index in [1.54, 1.807) is 36.1 Å². The van der Waals surface area contributed by atoms with Crippen molar-refractivity contribution in [2.24, 2.45) is 7.05 Å². The quantitative estimate of drug-likeness (QED) is 0.674. The average molecular weight is 272 g/mol. The highest BCUT2D eigenvalue weighted by molar-refractivity contribution is 5.64. The molecule has 0 spiro atoms. The predicted molar refractivity (Wildman–Crippen MR) is 69.6 cm³/mol. The van der Waals surface area contributed by atoms with Crippen LogP contribution in [-0.2, 0) is 7.05 Å². The fourth-order valence-corrected chi connectivity index (χ4v) is 1.90. The second-order valence-electron chi connectivity index (χ2n) is 4.28. The van der Waals surface area contributed by atoms with Crippen LogP contribution in [-0.4, -0.2) is 19.7 Å². The lowest BCUT2D eigenvalue weighted by Crippen LogP contribution is -1.94. The molecule has 0 saturated heterocycles. The monoisotopic (exact) mass is 272 g/mol. The number of hydrogen-bond donors (Lipinski definition) is 0. The number of pyridine rings is 2. The first-order valence-corrected chi connectivity index (χ1v) is 5.92. The highest BCUT2D eigenvalue weighted by Gasteiger charge is 2.10. The lowest BCUT2D eigenvalue weighted by atomic mass is 10.1. The molecule has 100 valence electrons. The van der Waals surface area contributed by atoms with Gasteiger partial charge in [-0.25, -0.2) is 4.98 Å². The normalized spacial score (nSPS) is 10.8. The molecule has 3 rings (SSSR count). The van der Waals surface area contributed by atoms with Gasteiger partial charge in [0.1, 0.15) is 0 Å². The summed E-state index contributed by atoms with van der Waals surface area (Å²) in [7, 11) is 1.80. The van der Waals surface area contributed by atoms with Crippen molar-refractivity contribution >= 4 is 0 Å². The Morgan fingerprint density at radius 2 is 1.80 bits per heavy atom. The lowest BCUT2D eigenvalue weighted by molar-refractivity contribution is 0.515. The van der Waals surface area contributed by atoms with Gasteiger partial charge in [-0.05, 0) is 24.3 Å². The van der Waals surface area contributed by atoms with Crippen molar-refractivity contribution < 1.29 is 8.78 Å². The summed E-state index contributed by atoms with van der Waals surface area (Å²) in [6, 6.07) is 7.64. The smallest absolute Gasteiger partial charge is 0.224 e. The molecule has 20 heavy (non-hydrogen) atoms. The van der Waals surface area contributed by atoms with Crippen LogP contribution in [0.1, 0.15) is 0 Å². The van der Waals surface area contributed by atoms with E-state index in [1.165, 1.54) is 6.07 Å². The highest BCUT2D eigenvalue weighted by Crippen LogP contribution is 2.23.